The van der Waals surface area contributed by atoms with E-state index in [-0.39, 0.29) is 0 Å². The van der Waals surface area contributed by atoms with Crippen LogP contribution in [0.2, 0.25) is 0 Å². The predicted octanol–water partition coefficient (Wildman–Crippen LogP) is 3.07. The molecule has 1 atom stereocenters. The Kier molecular flexibility index (Phi) is 5.05. The largest absolute Gasteiger partial charge is 0.478 e. The summed E-state index contributed by atoms with van der Waals surface area (Å²) in [4.78, 5) is 16.1. The minimum atomic E-state index is -0.876. The van der Waals surface area contributed by atoms with Crippen LogP contribution in [0.4, 0.5) is 5.69 Å². The molecule has 0 radical (unpaired) electrons. The first-order valence-electron chi connectivity index (χ1n) is 7.09. The molecule has 1 unspecified atom stereocenters. The predicted molar refractivity (Wildman–Crippen MR) is 84.6 cm³/mol. The number of aromatic carboxylic acids is 1. The maximum atomic E-state index is 11.5. The standard InChI is InChI=1S/C15H21BrN2O2/c1-3-17(4-2)11-8-9-18(10-11)13-7-5-6-12(16)14(13)15(19)20/h5-7,11H,3-4,8-10H2,1-2H3,(H,19,20). The van der Waals surface area contributed by atoms with E-state index >= 15 is 0 Å². The Morgan fingerprint density at radius 2 is 2.15 bits per heavy atom. The zero-order valence-corrected chi connectivity index (χ0v) is 13.6. The number of anilines is 1. The fourth-order valence-electron chi connectivity index (χ4n) is 2.99. The van der Waals surface area contributed by atoms with Crippen molar-refractivity contribution in [2.24, 2.45) is 0 Å². The van der Waals surface area contributed by atoms with Crippen molar-refractivity contribution in [1.82, 2.24) is 4.90 Å². The van der Waals surface area contributed by atoms with E-state index in [4.69, 9.17) is 0 Å². The first-order valence-corrected chi connectivity index (χ1v) is 7.88. The van der Waals surface area contributed by atoms with Crippen LogP contribution < -0.4 is 4.90 Å². The number of hydrogen-bond donors (Lipinski definition) is 1. The van der Waals surface area contributed by atoms with Gasteiger partial charge in [0.2, 0.25) is 0 Å². The fourth-order valence-corrected chi connectivity index (χ4v) is 3.51. The van der Waals surface area contributed by atoms with E-state index in [0.29, 0.717) is 16.1 Å². The van der Waals surface area contributed by atoms with Crippen molar-refractivity contribution < 1.29 is 9.90 Å². The van der Waals surface area contributed by atoms with Crippen LogP contribution in [-0.2, 0) is 0 Å². The van der Waals surface area contributed by atoms with Gasteiger partial charge < -0.3 is 10.0 Å². The molecule has 0 saturated carbocycles. The van der Waals surface area contributed by atoms with Crippen LogP contribution in [0.15, 0.2) is 22.7 Å². The first kappa shape index (κ1) is 15.3. The molecule has 1 heterocycles. The molecule has 5 heteroatoms. The molecule has 0 amide bonds. The maximum Gasteiger partial charge on any atom is 0.338 e. The lowest BCUT2D eigenvalue weighted by atomic mass is 10.1. The van der Waals surface area contributed by atoms with Crippen molar-refractivity contribution in [3.05, 3.63) is 28.2 Å². The van der Waals surface area contributed by atoms with Gasteiger partial charge in [-0.15, -0.1) is 0 Å². The van der Waals surface area contributed by atoms with Crippen LogP contribution in [0.25, 0.3) is 0 Å². The molecule has 1 aromatic carbocycles. The van der Waals surface area contributed by atoms with Gasteiger partial charge in [0.15, 0.2) is 0 Å². The third kappa shape index (κ3) is 2.99. The van der Waals surface area contributed by atoms with Crippen LogP contribution >= 0.6 is 15.9 Å². The summed E-state index contributed by atoms with van der Waals surface area (Å²) in [7, 11) is 0. The van der Waals surface area contributed by atoms with E-state index in [9.17, 15) is 9.90 Å². The zero-order chi connectivity index (χ0) is 14.7. The SMILES string of the molecule is CCN(CC)C1CCN(c2cccc(Br)c2C(=O)O)C1. The monoisotopic (exact) mass is 340 g/mol. The lowest BCUT2D eigenvalue weighted by Crippen LogP contribution is -2.37. The summed E-state index contributed by atoms with van der Waals surface area (Å²) >= 11 is 3.35. The lowest BCUT2D eigenvalue weighted by Gasteiger charge is -2.27. The highest BCUT2D eigenvalue weighted by atomic mass is 79.9. The molecule has 0 aromatic heterocycles. The molecule has 4 nitrogen and oxygen atoms in total. The van der Waals surface area contributed by atoms with Gasteiger partial charge in [-0.2, -0.15) is 0 Å². The number of carboxylic acid groups (broad SMARTS) is 1. The minimum Gasteiger partial charge on any atom is -0.478 e. The van der Waals surface area contributed by atoms with E-state index in [1.54, 1.807) is 6.07 Å². The second-order valence-corrected chi connectivity index (χ2v) is 5.90. The molecular formula is C15H21BrN2O2. The van der Waals surface area contributed by atoms with Crippen LogP contribution in [-0.4, -0.2) is 48.2 Å². The summed E-state index contributed by atoms with van der Waals surface area (Å²) in [6.07, 6.45) is 1.09. The molecule has 110 valence electrons. The molecule has 20 heavy (non-hydrogen) atoms. The summed E-state index contributed by atoms with van der Waals surface area (Å²) in [5.41, 5.74) is 1.19. The van der Waals surface area contributed by atoms with Crippen molar-refractivity contribution in [2.75, 3.05) is 31.1 Å². The van der Waals surface area contributed by atoms with Gasteiger partial charge in [0.05, 0.1) is 11.3 Å². The second-order valence-electron chi connectivity index (χ2n) is 5.05. The van der Waals surface area contributed by atoms with Gasteiger partial charge in [0, 0.05) is 23.6 Å². The molecule has 1 aliphatic heterocycles. The van der Waals surface area contributed by atoms with Crippen LogP contribution in [0.3, 0.4) is 0 Å². The smallest absolute Gasteiger partial charge is 0.338 e. The van der Waals surface area contributed by atoms with Gasteiger partial charge in [0.25, 0.3) is 0 Å². The lowest BCUT2D eigenvalue weighted by molar-refractivity contribution is 0.0696. The topological polar surface area (TPSA) is 43.8 Å². The average molecular weight is 341 g/mol. The van der Waals surface area contributed by atoms with Gasteiger partial charge in [-0.1, -0.05) is 19.9 Å². The normalized spacial score (nSPS) is 18.8. The number of benzene rings is 1. The molecule has 0 aliphatic carbocycles. The summed E-state index contributed by atoms with van der Waals surface area (Å²) in [5, 5.41) is 9.41. The Morgan fingerprint density at radius 3 is 2.75 bits per heavy atom. The van der Waals surface area contributed by atoms with Crippen LogP contribution in [0.1, 0.15) is 30.6 Å². The Bertz CT molecular complexity index is 489. The van der Waals surface area contributed by atoms with Crippen molar-refractivity contribution >= 4 is 27.6 Å². The van der Waals surface area contributed by atoms with Gasteiger partial charge >= 0.3 is 5.97 Å². The third-order valence-corrected chi connectivity index (χ3v) is 4.70. The number of hydrogen-bond acceptors (Lipinski definition) is 3. The number of rotatable bonds is 5. The van der Waals surface area contributed by atoms with Crippen LogP contribution in [0, 0.1) is 0 Å². The highest BCUT2D eigenvalue weighted by Crippen LogP contribution is 2.31. The van der Waals surface area contributed by atoms with Crippen molar-refractivity contribution in [3.8, 4) is 0 Å². The summed E-state index contributed by atoms with van der Waals surface area (Å²) in [6.45, 7) is 8.25. The van der Waals surface area contributed by atoms with Gasteiger partial charge in [-0.05, 0) is 47.6 Å². The molecule has 1 fully saturated rings. The van der Waals surface area contributed by atoms with E-state index in [2.05, 4.69) is 39.6 Å². The molecule has 1 saturated heterocycles. The number of halogens is 1. The van der Waals surface area contributed by atoms with Crippen molar-refractivity contribution in [3.63, 3.8) is 0 Å². The van der Waals surface area contributed by atoms with Crippen molar-refractivity contribution in [2.45, 2.75) is 26.3 Å². The quantitative estimate of drug-likeness (QED) is 0.894. The molecule has 0 spiro atoms. The Labute approximate surface area is 128 Å². The Hall–Kier alpha value is -1.07. The summed E-state index contributed by atoms with van der Waals surface area (Å²) in [5.74, 6) is -0.876. The van der Waals surface area contributed by atoms with Gasteiger partial charge in [0.1, 0.15) is 0 Å². The highest BCUT2D eigenvalue weighted by molar-refractivity contribution is 9.10. The highest BCUT2D eigenvalue weighted by Gasteiger charge is 2.29. The molecule has 1 aliphatic rings. The number of carboxylic acids is 1. The van der Waals surface area contributed by atoms with Crippen molar-refractivity contribution in [1.29, 1.82) is 0 Å². The fraction of sp³-hybridized carbons (Fsp3) is 0.533. The van der Waals surface area contributed by atoms with E-state index in [1.807, 2.05) is 12.1 Å². The first-order chi connectivity index (χ1) is 9.58. The number of likely N-dealkylation sites (N-methyl/N-ethyl adjacent to an activating group) is 1. The number of carbonyl (C=O) groups is 1. The van der Waals surface area contributed by atoms with E-state index in [0.717, 1.165) is 38.3 Å². The maximum absolute atomic E-state index is 11.5. The van der Waals surface area contributed by atoms with Gasteiger partial charge in [-0.25, -0.2) is 4.79 Å². The summed E-state index contributed by atoms with van der Waals surface area (Å²) in [6, 6.07) is 6.10. The third-order valence-electron chi connectivity index (χ3n) is 4.04. The van der Waals surface area contributed by atoms with E-state index < -0.39 is 5.97 Å². The molecule has 0 bridgehead atoms. The Balaban J connectivity index is 2.22. The van der Waals surface area contributed by atoms with Gasteiger partial charge in [-0.3, -0.25) is 4.90 Å². The molecule has 1 aromatic rings. The van der Waals surface area contributed by atoms with E-state index in [1.165, 1.54) is 0 Å². The number of nitrogens with zero attached hydrogens (tertiary/aromatic N) is 2. The Morgan fingerprint density at radius 1 is 1.45 bits per heavy atom. The second kappa shape index (κ2) is 6.59. The van der Waals surface area contributed by atoms with Crippen LogP contribution in [0.5, 0.6) is 0 Å². The molecule has 2 rings (SSSR count). The molecule has 1 N–H and O–H groups in total. The summed E-state index contributed by atoms with van der Waals surface area (Å²) < 4.78 is 0.647. The zero-order valence-electron chi connectivity index (χ0n) is 12.0. The average Bonchev–Trinajstić information content (AvgIpc) is 2.89. The minimum absolute atomic E-state index is 0.368. The molecular weight excluding hydrogens is 320 g/mol.